The van der Waals surface area contributed by atoms with Gasteiger partial charge < -0.3 is 30.2 Å². The van der Waals surface area contributed by atoms with Crippen molar-refractivity contribution in [2.75, 3.05) is 37.0 Å². The van der Waals surface area contributed by atoms with E-state index in [0.29, 0.717) is 43.8 Å². The minimum Gasteiger partial charge on any atom is -0.494 e. The Morgan fingerprint density at radius 1 is 0.848 bits per heavy atom. The van der Waals surface area contributed by atoms with E-state index < -0.39 is 30.5 Å². The maximum absolute atomic E-state index is 12.8. The molecule has 3 rings (SSSR count). The number of ether oxygens (including phenoxy) is 3. The van der Waals surface area contributed by atoms with Gasteiger partial charge in [0.25, 0.3) is 5.91 Å². The minimum atomic E-state index is -4.57. The molecule has 0 radical (unpaired) electrons. The Balaban J connectivity index is 1.57. The lowest BCUT2D eigenvalue weighted by molar-refractivity contribution is -0.154. The molecule has 1 heterocycles. The van der Waals surface area contributed by atoms with E-state index in [1.165, 1.54) is 0 Å². The number of benzene rings is 2. The first-order valence-corrected chi connectivity index (χ1v) is 15.7. The Morgan fingerprint density at radius 2 is 1.52 bits per heavy atom. The zero-order chi connectivity index (χ0) is 33.6. The fourth-order valence-corrected chi connectivity index (χ4v) is 3.98. The highest BCUT2D eigenvalue weighted by Gasteiger charge is 2.29. The van der Waals surface area contributed by atoms with Crippen molar-refractivity contribution in [1.82, 2.24) is 25.6 Å². The van der Waals surface area contributed by atoms with E-state index in [2.05, 4.69) is 46.8 Å². The summed E-state index contributed by atoms with van der Waals surface area (Å²) < 4.78 is 54.1. The third-order valence-electron chi connectivity index (χ3n) is 5.83. The third-order valence-corrected chi connectivity index (χ3v) is 6.39. The lowest BCUT2D eigenvalue weighted by atomic mass is 10.1. The van der Waals surface area contributed by atoms with Gasteiger partial charge in [0.1, 0.15) is 17.2 Å². The average molecular weight is 712 g/mol. The first-order valence-electron chi connectivity index (χ1n) is 14.6. The van der Waals surface area contributed by atoms with E-state index in [-0.39, 0.29) is 24.1 Å². The van der Waals surface area contributed by atoms with Crippen LogP contribution in [0.5, 0.6) is 11.8 Å². The molecule has 0 fully saturated rings. The smallest absolute Gasteiger partial charge is 0.422 e. The highest BCUT2D eigenvalue weighted by atomic mass is 79.9. The Morgan fingerprint density at radius 3 is 2.17 bits per heavy atom. The molecule has 0 aliphatic carbocycles. The molecule has 46 heavy (non-hydrogen) atoms. The van der Waals surface area contributed by atoms with Crippen LogP contribution < -0.4 is 25.4 Å². The van der Waals surface area contributed by atoms with Gasteiger partial charge in [0.05, 0.1) is 6.61 Å². The van der Waals surface area contributed by atoms with E-state index in [1.54, 1.807) is 45.0 Å². The average Bonchev–Trinajstić information content (AvgIpc) is 2.98. The van der Waals surface area contributed by atoms with E-state index >= 15 is 0 Å². The van der Waals surface area contributed by atoms with Crippen LogP contribution in [0.1, 0.15) is 60.9 Å². The fraction of sp³-hybridized carbons (Fsp3) is 0.452. The van der Waals surface area contributed by atoms with E-state index in [1.807, 2.05) is 24.3 Å². The van der Waals surface area contributed by atoms with Crippen LogP contribution in [0.4, 0.5) is 23.9 Å². The topological polar surface area (TPSA) is 137 Å². The van der Waals surface area contributed by atoms with Gasteiger partial charge in [0.2, 0.25) is 5.95 Å². The summed E-state index contributed by atoms with van der Waals surface area (Å²) >= 11 is 3.36. The van der Waals surface area contributed by atoms with Crippen LogP contribution in [0, 0.1) is 0 Å². The maximum atomic E-state index is 12.8. The van der Waals surface area contributed by atoms with Gasteiger partial charge in [-0.05, 0) is 69.0 Å². The number of carbonyl (C=O) groups is 2. The van der Waals surface area contributed by atoms with Crippen molar-refractivity contribution in [3.8, 4) is 11.8 Å². The molecular weight excluding hydrogens is 673 g/mol. The van der Waals surface area contributed by atoms with E-state index in [4.69, 9.17) is 14.2 Å². The lowest BCUT2D eigenvalue weighted by Gasteiger charge is -2.19. The molecule has 0 aliphatic rings. The Hall–Kier alpha value is -4.14. The third kappa shape index (κ3) is 14.3. The highest BCUT2D eigenvalue weighted by molar-refractivity contribution is 9.09. The van der Waals surface area contributed by atoms with Gasteiger partial charge in [0, 0.05) is 36.9 Å². The molecule has 0 bridgehead atoms. The molecule has 0 unspecified atom stereocenters. The number of nitrogens with one attached hydrogen (secondary N) is 3. The van der Waals surface area contributed by atoms with Crippen molar-refractivity contribution in [1.29, 1.82) is 0 Å². The predicted molar refractivity (Wildman–Crippen MR) is 169 cm³/mol. The monoisotopic (exact) mass is 710 g/mol. The van der Waals surface area contributed by atoms with Gasteiger partial charge in [-0.25, -0.2) is 4.79 Å². The minimum absolute atomic E-state index is 0.0528. The van der Waals surface area contributed by atoms with Crippen molar-refractivity contribution in [2.24, 2.45) is 0 Å². The predicted octanol–water partition coefficient (Wildman–Crippen LogP) is 5.82. The maximum Gasteiger partial charge on any atom is 0.422 e. The Bertz CT molecular complexity index is 1400. The zero-order valence-electron chi connectivity index (χ0n) is 25.9. The number of hydrogen-bond acceptors (Lipinski definition) is 9. The standard InChI is InChI=1S/C31H38BrF3N6O5/c1-30(2,3)46-29(43)37-16-5-15-36-26(42)23-10-6-21(7-11-23)18-25-39-27(41-28(40-25)45-20-31(33,34)35)38-19-22-8-12-24(13-9-22)44-17-4-14-32/h6-13H,4-5,14-20H2,1-3H3,(H,36,42)(H,37,43)(H,38,39,40,41). The number of anilines is 1. The molecule has 2 aromatic carbocycles. The van der Waals surface area contributed by atoms with Crippen molar-refractivity contribution < 1.29 is 37.0 Å². The summed E-state index contributed by atoms with van der Waals surface area (Å²) in [5.74, 6) is 0.666. The first kappa shape index (κ1) is 36.3. The van der Waals surface area contributed by atoms with Crippen LogP contribution in [-0.2, 0) is 17.7 Å². The molecule has 0 spiro atoms. The lowest BCUT2D eigenvalue weighted by Crippen LogP contribution is -2.34. The second-order valence-corrected chi connectivity index (χ2v) is 11.9. The summed E-state index contributed by atoms with van der Waals surface area (Å²) in [6.45, 7) is 5.33. The van der Waals surface area contributed by atoms with Gasteiger partial charge in [-0.2, -0.15) is 28.1 Å². The quantitative estimate of drug-likeness (QED) is 0.124. The molecular formula is C31H38BrF3N6O5. The zero-order valence-corrected chi connectivity index (χ0v) is 27.5. The molecule has 3 N–H and O–H groups in total. The van der Waals surface area contributed by atoms with Crippen molar-refractivity contribution >= 4 is 33.9 Å². The molecule has 15 heteroatoms. The SMILES string of the molecule is CC(C)(C)OC(=O)NCCCNC(=O)c1ccc(Cc2nc(NCc3ccc(OCCCBr)cc3)nc(OCC(F)(F)F)n2)cc1. The molecule has 11 nitrogen and oxygen atoms in total. The first-order chi connectivity index (χ1) is 21.8. The summed E-state index contributed by atoms with van der Waals surface area (Å²) in [6.07, 6.45) is -3.55. The second kappa shape index (κ2) is 17.5. The molecule has 2 amide bonds. The van der Waals surface area contributed by atoms with Crippen molar-refractivity contribution in [3.05, 3.63) is 71.0 Å². The van der Waals surface area contributed by atoms with Crippen LogP contribution in [0.15, 0.2) is 48.5 Å². The number of aromatic nitrogens is 3. The summed E-state index contributed by atoms with van der Waals surface area (Å²) in [4.78, 5) is 36.6. The normalized spacial score (nSPS) is 11.5. The Labute approximate surface area is 274 Å². The number of alkyl halides is 4. The number of carbonyl (C=O) groups excluding carboxylic acids is 2. The van der Waals surface area contributed by atoms with Crippen LogP contribution in [0.3, 0.4) is 0 Å². The van der Waals surface area contributed by atoms with Gasteiger partial charge in [-0.1, -0.05) is 40.2 Å². The van der Waals surface area contributed by atoms with Crippen LogP contribution in [0.2, 0.25) is 0 Å². The molecule has 0 atom stereocenters. The van der Waals surface area contributed by atoms with Gasteiger partial charge in [-0.3, -0.25) is 4.79 Å². The Kier molecular flexibility index (Phi) is 13.8. The second-order valence-electron chi connectivity index (χ2n) is 11.1. The number of alkyl carbamates (subject to hydrolysis) is 1. The summed E-state index contributed by atoms with van der Waals surface area (Å²) in [7, 11) is 0. The molecule has 3 aromatic rings. The van der Waals surface area contributed by atoms with Crippen LogP contribution in [-0.4, -0.2) is 70.4 Å². The molecule has 0 saturated heterocycles. The number of nitrogens with zero attached hydrogens (tertiary/aromatic N) is 3. The number of halogens is 4. The molecule has 250 valence electrons. The van der Waals surface area contributed by atoms with E-state index in [9.17, 15) is 22.8 Å². The van der Waals surface area contributed by atoms with Crippen molar-refractivity contribution in [2.45, 2.75) is 58.4 Å². The van der Waals surface area contributed by atoms with Crippen LogP contribution >= 0.6 is 15.9 Å². The van der Waals surface area contributed by atoms with Gasteiger partial charge in [-0.15, -0.1) is 0 Å². The van der Waals surface area contributed by atoms with Gasteiger partial charge >= 0.3 is 18.3 Å². The number of hydrogen-bond donors (Lipinski definition) is 3. The summed E-state index contributed by atoms with van der Waals surface area (Å²) in [5.41, 5.74) is 1.41. The fourth-order valence-electron chi connectivity index (χ4n) is 3.75. The largest absolute Gasteiger partial charge is 0.494 e. The molecule has 0 saturated carbocycles. The summed E-state index contributed by atoms with van der Waals surface area (Å²) in [5, 5.41) is 9.27. The molecule has 0 aliphatic heterocycles. The van der Waals surface area contributed by atoms with E-state index in [0.717, 1.165) is 23.1 Å². The van der Waals surface area contributed by atoms with Gasteiger partial charge in [0.15, 0.2) is 6.61 Å². The number of amides is 2. The van der Waals surface area contributed by atoms with Crippen molar-refractivity contribution in [3.63, 3.8) is 0 Å². The number of rotatable bonds is 16. The molecule has 1 aromatic heterocycles. The summed E-state index contributed by atoms with van der Waals surface area (Å²) in [6, 6.07) is 13.6. The highest BCUT2D eigenvalue weighted by Crippen LogP contribution is 2.19. The van der Waals surface area contributed by atoms with Crippen LogP contribution in [0.25, 0.3) is 0 Å².